The summed E-state index contributed by atoms with van der Waals surface area (Å²) in [7, 11) is 0. The van der Waals surface area contributed by atoms with Gasteiger partial charge in [0.2, 0.25) is 0 Å². The van der Waals surface area contributed by atoms with E-state index in [4.69, 9.17) is 4.42 Å². The molecule has 1 aromatic rings. The minimum Gasteiger partial charge on any atom is -0.468 e. The minimum atomic E-state index is 0.675. The van der Waals surface area contributed by atoms with Crippen LogP contribution in [-0.4, -0.2) is 35.0 Å². The lowest BCUT2D eigenvalue weighted by Crippen LogP contribution is -2.39. The minimum absolute atomic E-state index is 0.675. The monoisotopic (exact) mass is 296 g/mol. The lowest BCUT2D eigenvalue weighted by atomic mass is 10.2. The summed E-state index contributed by atoms with van der Waals surface area (Å²) in [5.74, 6) is 1.78. The van der Waals surface area contributed by atoms with Crippen molar-refractivity contribution in [1.29, 1.82) is 0 Å². The average molecular weight is 296 g/mol. The summed E-state index contributed by atoms with van der Waals surface area (Å²) in [4.78, 5) is 2.56. The van der Waals surface area contributed by atoms with Crippen LogP contribution in [0.3, 0.4) is 0 Å². The Hall–Kier alpha value is -0.450. The normalized spacial score (nSPS) is 24.4. The third kappa shape index (κ3) is 4.83. The number of furan rings is 1. The highest BCUT2D eigenvalue weighted by Crippen LogP contribution is 2.26. The lowest BCUT2D eigenvalue weighted by Gasteiger charge is -2.34. The van der Waals surface area contributed by atoms with E-state index in [2.05, 4.69) is 55.7 Å². The molecule has 0 spiro atoms. The molecule has 3 nitrogen and oxygen atoms in total. The predicted octanol–water partition coefficient (Wildman–Crippen LogP) is 3.35. The summed E-state index contributed by atoms with van der Waals surface area (Å²) in [6, 6.07) is 2.13. The molecule has 1 N–H and O–H groups in total. The summed E-state index contributed by atoms with van der Waals surface area (Å²) < 4.78 is 5.65. The van der Waals surface area contributed by atoms with Gasteiger partial charge >= 0.3 is 0 Å². The zero-order valence-corrected chi connectivity index (χ0v) is 14.0. The number of hydrogen-bond donors (Lipinski definition) is 1. The van der Waals surface area contributed by atoms with E-state index >= 15 is 0 Å². The largest absolute Gasteiger partial charge is 0.468 e. The van der Waals surface area contributed by atoms with Crippen molar-refractivity contribution in [2.75, 3.05) is 19.6 Å². The van der Waals surface area contributed by atoms with Gasteiger partial charge in [-0.1, -0.05) is 27.7 Å². The lowest BCUT2D eigenvalue weighted by molar-refractivity contribution is 0.260. The number of thioether (sulfide) groups is 1. The SMILES string of the molecule is CC(C)CNCc1occc1CN1CC(C)SC(C)C1. The molecule has 0 saturated carbocycles. The molecular formula is C16H28N2OS. The Bertz CT molecular complexity index is 395. The maximum Gasteiger partial charge on any atom is 0.122 e. The third-order valence-electron chi connectivity index (χ3n) is 3.57. The molecule has 0 aromatic carbocycles. The molecule has 1 aliphatic rings. The van der Waals surface area contributed by atoms with E-state index in [9.17, 15) is 0 Å². The molecular weight excluding hydrogens is 268 g/mol. The first kappa shape index (κ1) is 15.9. The summed E-state index contributed by atoms with van der Waals surface area (Å²) >= 11 is 2.10. The standard InChI is InChI=1S/C16H28N2OS/c1-12(2)7-17-8-16-15(5-6-19-16)11-18-9-13(3)20-14(4)10-18/h5-6,12-14,17H,7-11H2,1-4H3. The van der Waals surface area contributed by atoms with E-state index in [1.165, 1.54) is 18.7 Å². The topological polar surface area (TPSA) is 28.4 Å². The van der Waals surface area contributed by atoms with Gasteiger partial charge in [0.25, 0.3) is 0 Å². The fourth-order valence-electron chi connectivity index (χ4n) is 2.79. The quantitative estimate of drug-likeness (QED) is 0.871. The Labute approximate surface area is 127 Å². The first-order valence-electron chi connectivity index (χ1n) is 7.68. The van der Waals surface area contributed by atoms with Crippen molar-refractivity contribution in [3.8, 4) is 0 Å². The summed E-state index contributed by atoms with van der Waals surface area (Å²) in [6.07, 6.45) is 1.83. The van der Waals surface area contributed by atoms with Gasteiger partial charge in [-0.05, 0) is 18.5 Å². The molecule has 0 amide bonds. The molecule has 1 saturated heterocycles. The Kier molecular flexibility index (Phi) is 6.00. The van der Waals surface area contributed by atoms with E-state index in [0.29, 0.717) is 5.92 Å². The summed E-state index contributed by atoms with van der Waals surface area (Å²) in [5.41, 5.74) is 1.34. The second kappa shape index (κ2) is 7.53. The van der Waals surface area contributed by atoms with Crippen molar-refractivity contribution in [2.45, 2.75) is 51.3 Å². The van der Waals surface area contributed by atoms with Gasteiger partial charge in [-0.2, -0.15) is 11.8 Å². The van der Waals surface area contributed by atoms with Crippen molar-refractivity contribution in [3.63, 3.8) is 0 Å². The highest BCUT2D eigenvalue weighted by molar-refractivity contribution is 8.00. The molecule has 1 fully saturated rings. The van der Waals surface area contributed by atoms with E-state index in [0.717, 1.165) is 35.9 Å². The fraction of sp³-hybridized carbons (Fsp3) is 0.750. The number of rotatable bonds is 6. The van der Waals surface area contributed by atoms with Crippen LogP contribution in [0.2, 0.25) is 0 Å². The highest BCUT2D eigenvalue weighted by atomic mass is 32.2. The number of nitrogens with one attached hydrogen (secondary N) is 1. The Morgan fingerprint density at radius 1 is 1.35 bits per heavy atom. The number of hydrogen-bond acceptors (Lipinski definition) is 4. The molecule has 2 atom stereocenters. The smallest absolute Gasteiger partial charge is 0.122 e. The van der Waals surface area contributed by atoms with Gasteiger partial charge in [-0.25, -0.2) is 0 Å². The Balaban J connectivity index is 1.88. The molecule has 2 unspecified atom stereocenters. The fourth-order valence-corrected chi connectivity index (χ4v) is 4.18. The second-order valence-electron chi connectivity index (χ2n) is 6.35. The van der Waals surface area contributed by atoms with Gasteiger partial charge in [0.15, 0.2) is 0 Å². The molecule has 2 heterocycles. The molecule has 114 valence electrons. The third-order valence-corrected chi connectivity index (χ3v) is 4.79. The molecule has 1 aromatic heterocycles. The zero-order chi connectivity index (χ0) is 14.5. The Morgan fingerprint density at radius 3 is 2.70 bits per heavy atom. The van der Waals surface area contributed by atoms with Crippen LogP contribution in [0.5, 0.6) is 0 Å². The number of nitrogens with zero attached hydrogens (tertiary/aromatic N) is 1. The van der Waals surface area contributed by atoms with Gasteiger partial charge in [-0.3, -0.25) is 4.90 Å². The van der Waals surface area contributed by atoms with Gasteiger partial charge in [0, 0.05) is 35.7 Å². The van der Waals surface area contributed by atoms with Crippen molar-refractivity contribution in [1.82, 2.24) is 10.2 Å². The van der Waals surface area contributed by atoms with Crippen molar-refractivity contribution >= 4 is 11.8 Å². The van der Waals surface area contributed by atoms with Gasteiger partial charge in [0.05, 0.1) is 12.8 Å². The van der Waals surface area contributed by atoms with Crippen LogP contribution in [-0.2, 0) is 13.1 Å². The van der Waals surface area contributed by atoms with E-state index in [1.54, 1.807) is 0 Å². The Morgan fingerprint density at radius 2 is 2.05 bits per heavy atom. The maximum absolute atomic E-state index is 5.65. The molecule has 1 aliphatic heterocycles. The van der Waals surface area contributed by atoms with Crippen LogP contribution < -0.4 is 5.32 Å². The van der Waals surface area contributed by atoms with Crippen LogP contribution in [0.15, 0.2) is 16.7 Å². The second-order valence-corrected chi connectivity index (χ2v) is 8.23. The first-order valence-corrected chi connectivity index (χ1v) is 8.62. The zero-order valence-electron chi connectivity index (χ0n) is 13.2. The van der Waals surface area contributed by atoms with Gasteiger partial charge in [-0.15, -0.1) is 0 Å². The van der Waals surface area contributed by atoms with E-state index in [1.807, 2.05) is 6.26 Å². The van der Waals surface area contributed by atoms with Crippen LogP contribution in [0.25, 0.3) is 0 Å². The summed E-state index contributed by atoms with van der Waals surface area (Å²) in [6.45, 7) is 14.4. The maximum atomic E-state index is 5.65. The van der Waals surface area contributed by atoms with E-state index < -0.39 is 0 Å². The molecule has 0 bridgehead atoms. The first-order chi connectivity index (χ1) is 9.54. The summed E-state index contributed by atoms with van der Waals surface area (Å²) in [5, 5.41) is 4.93. The van der Waals surface area contributed by atoms with Gasteiger partial charge in [0.1, 0.15) is 5.76 Å². The van der Waals surface area contributed by atoms with Crippen molar-refractivity contribution < 1.29 is 4.42 Å². The average Bonchev–Trinajstić information content (AvgIpc) is 2.75. The molecule has 0 radical (unpaired) electrons. The van der Waals surface area contributed by atoms with Gasteiger partial charge < -0.3 is 9.73 Å². The van der Waals surface area contributed by atoms with Crippen LogP contribution in [0.1, 0.15) is 39.0 Å². The highest BCUT2D eigenvalue weighted by Gasteiger charge is 2.23. The van der Waals surface area contributed by atoms with Crippen molar-refractivity contribution in [2.24, 2.45) is 5.92 Å². The van der Waals surface area contributed by atoms with Crippen LogP contribution >= 0.6 is 11.8 Å². The molecule has 4 heteroatoms. The predicted molar refractivity (Wildman–Crippen MR) is 87.0 cm³/mol. The van der Waals surface area contributed by atoms with Crippen LogP contribution in [0.4, 0.5) is 0 Å². The molecule has 2 rings (SSSR count). The van der Waals surface area contributed by atoms with E-state index in [-0.39, 0.29) is 0 Å². The van der Waals surface area contributed by atoms with Crippen LogP contribution in [0, 0.1) is 5.92 Å². The van der Waals surface area contributed by atoms with Crippen molar-refractivity contribution in [3.05, 3.63) is 23.7 Å². The molecule has 20 heavy (non-hydrogen) atoms. The molecule has 0 aliphatic carbocycles.